The number of fused-ring (bicyclic) bond motifs is 1. The maximum absolute atomic E-state index is 11.3. The zero-order valence-electron chi connectivity index (χ0n) is 9.47. The molecule has 88 valence electrons. The summed E-state index contributed by atoms with van der Waals surface area (Å²) in [4.78, 5) is 6.51. The lowest BCUT2D eigenvalue weighted by molar-refractivity contribution is -0.607. The Morgan fingerprint density at radius 3 is 2.82 bits per heavy atom. The summed E-state index contributed by atoms with van der Waals surface area (Å²) in [6.45, 7) is 2.10. The molecule has 1 saturated heterocycles. The highest BCUT2D eigenvalue weighted by Crippen LogP contribution is 2.30. The Hall–Kier alpha value is -2.04. The maximum atomic E-state index is 11.3. The molecule has 2 N–H and O–H groups in total. The third kappa shape index (κ3) is 1.63. The second-order valence-electron chi connectivity index (χ2n) is 4.36. The number of rotatable bonds is 1. The molecule has 1 aromatic carbocycles. The zero-order chi connectivity index (χ0) is 11.8. The third-order valence-corrected chi connectivity index (χ3v) is 3.23. The highest BCUT2D eigenvalue weighted by molar-refractivity contribution is 5.97. The van der Waals surface area contributed by atoms with E-state index in [4.69, 9.17) is 5.73 Å². The Kier molecular flexibility index (Phi) is 2.24. The van der Waals surface area contributed by atoms with E-state index in [0.29, 0.717) is 10.4 Å². The van der Waals surface area contributed by atoms with E-state index in [1.165, 1.54) is 25.4 Å². The molecule has 0 unspecified atom stereocenters. The minimum Gasteiger partial charge on any atom is -0.711 e. The van der Waals surface area contributed by atoms with Crippen molar-refractivity contribution in [3.63, 3.8) is 0 Å². The molecule has 0 saturated carbocycles. The Labute approximate surface area is 99.1 Å². The number of nitrogens with zero attached hydrogens (tertiary/aromatic N) is 3. The van der Waals surface area contributed by atoms with Gasteiger partial charge in [0.2, 0.25) is 5.52 Å². The number of nitrogens with two attached hydrogens (primary N) is 1. The summed E-state index contributed by atoms with van der Waals surface area (Å²) in [6, 6.07) is 3.84. The van der Waals surface area contributed by atoms with Crippen LogP contribution in [0.25, 0.3) is 10.9 Å². The van der Waals surface area contributed by atoms with Gasteiger partial charge < -0.3 is 15.8 Å². The summed E-state index contributed by atoms with van der Waals surface area (Å²) >= 11 is 0. The van der Waals surface area contributed by atoms with Crippen LogP contribution in [0.5, 0.6) is 0 Å². The molecule has 0 radical (unpaired) electrons. The minimum absolute atomic E-state index is 0.598. The first-order valence-corrected chi connectivity index (χ1v) is 5.77. The van der Waals surface area contributed by atoms with Crippen molar-refractivity contribution in [3.05, 3.63) is 29.9 Å². The Morgan fingerprint density at radius 1 is 1.29 bits per heavy atom. The Balaban J connectivity index is 2.22. The molecule has 3 rings (SSSR count). The Bertz CT molecular complexity index is 564. The van der Waals surface area contributed by atoms with Crippen LogP contribution in [-0.4, -0.2) is 18.1 Å². The van der Waals surface area contributed by atoms with Crippen LogP contribution < -0.4 is 15.4 Å². The molecule has 5 heteroatoms. The highest BCUT2D eigenvalue weighted by Gasteiger charge is 2.19. The fraction of sp³-hybridized carbons (Fsp3) is 0.333. The summed E-state index contributed by atoms with van der Waals surface area (Å²) in [6.07, 6.45) is 5.18. The fourth-order valence-electron chi connectivity index (χ4n) is 2.37. The van der Waals surface area contributed by atoms with Gasteiger partial charge in [0.15, 0.2) is 0 Å². The van der Waals surface area contributed by atoms with Crippen LogP contribution in [0, 0.1) is 5.21 Å². The lowest BCUT2D eigenvalue weighted by atomic mass is 10.1. The van der Waals surface area contributed by atoms with Gasteiger partial charge in [0.05, 0.1) is 11.1 Å². The number of benzene rings is 1. The molecule has 1 aliphatic rings. The van der Waals surface area contributed by atoms with E-state index < -0.39 is 0 Å². The first kappa shape index (κ1) is 10.1. The van der Waals surface area contributed by atoms with Crippen LogP contribution in [0.2, 0.25) is 0 Å². The van der Waals surface area contributed by atoms with Crippen LogP contribution >= 0.6 is 0 Å². The molecule has 0 atom stereocenters. The second kappa shape index (κ2) is 3.76. The van der Waals surface area contributed by atoms with Crippen LogP contribution in [-0.2, 0) is 0 Å². The van der Waals surface area contributed by atoms with Crippen molar-refractivity contribution in [2.45, 2.75) is 12.8 Å². The second-order valence-corrected chi connectivity index (χ2v) is 4.36. The normalized spacial score (nSPS) is 15.6. The smallest absolute Gasteiger partial charge is 0.289 e. The van der Waals surface area contributed by atoms with Gasteiger partial charge >= 0.3 is 0 Å². The monoisotopic (exact) mass is 230 g/mol. The largest absolute Gasteiger partial charge is 0.711 e. The standard InChI is InChI=1S/C12H14N4O/c13-10-3-4-11(15-5-1-2-6-15)12-9(10)7-16(17)8-14-12/h3-4,7-8H,1-2,5-6,13H2. The summed E-state index contributed by atoms with van der Waals surface area (Å²) < 4.78 is 0.687. The van der Waals surface area contributed by atoms with Gasteiger partial charge in [0, 0.05) is 18.8 Å². The third-order valence-electron chi connectivity index (χ3n) is 3.23. The van der Waals surface area contributed by atoms with Crippen LogP contribution in [0.1, 0.15) is 12.8 Å². The average Bonchev–Trinajstić information content (AvgIpc) is 2.84. The molecule has 1 aliphatic heterocycles. The van der Waals surface area contributed by atoms with Crippen molar-refractivity contribution in [2.24, 2.45) is 0 Å². The van der Waals surface area contributed by atoms with Gasteiger partial charge in [-0.1, -0.05) is 0 Å². The van der Waals surface area contributed by atoms with Gasteiger partial charge in [0.1, 0.15) is 6.20 Å². The van der Waals surface area contributed by atoms with Crippen molar-refractivity contribution in [1.29, 1.82) is 0 Å². The van der Waals surface area contributed by atoms with E-state index in [1.54, 1.807) is 0 Å². The predicted molar refractivity (Wildman–Crippen MR) is 66.6 cm³/mol. The highest BCUT2D eigenvalue weighted by atomic mass is 16.5. The molecule has 0 amide bonds. The lowest BCUT2D eigenvalue weighted by Crippen LogP contribution is -2.26. The number of nitrogen functional groups attached to an aromatic ring is 1. The fourth-order valence-corrected chi connectivity index (χ4v) is 2.37. The first-order valence-electron chi connectivity index (χ1n) is 5.77. The summed E-state index contributed by atoms with van der Waals surface area (Å²) in [5.41, 5.74) is 8.37. The summed E-state index contributed by atoms with van der Waals surface area (Å²) in [7, 11) is 0. The van der Waals surface area contributed by atoms with Gasteiger partial charge in [-0.15, -0.1) is 0 Å². The van der Waals surface area contributed by atoms with Gasteiger partial charge in [-0.05, 0) is 30.0 Å². The molecule has 2 heterocycles. The van der Waals surface area contributed by atoms with Crippen LogP contribution in [0.15, 0.2) is 24.7 Å². The van der Waals surface area contributed by atoms with Crippen molar-refractivity contribution < 1.29 is 4.73 Å². The lowest BCUT2D eigenvalue weighted by Gasteiger charge is -2.17. The Morgan fingerprint density at radius 2 is 2.06 bits per heavy atom. The van der Waals surface area contributed by atoms with Gasteiger partial charge in [-0.3, -0.25) is 0 Å². The molecule has 0 spiro atoms. The number of hydrogen-bond donors (Lipinski definition) is 1. The van der Waals surface area contributed by atoms with Crippen LogP contribution in [0.4, 0.5) is 11.4 Å². The number of anilines is 2. The molecule has 1 fully saturated rings. The molecule has 1 aromatic heterocycles. The van der Waals surface area contributed by atoms with Crippen molar-refractivity contribution >= 4 is 22.3 Å². The molecule has 2 aromatic rings. The topological polar surface area (TPSA) is 69.1 Å². The molecular weight excluding hydrogens is 216 g/mol. The predicted octanol–water partition coefficient (Wildman–Crippen LogP) is 1.05. The number of aromatic nitrogens is 2. The minimum atomic E-state index is 0.598. The van der Waals surface area contributed by atoms with Crippen molar-refractivity contribution in [2.75, 3.05) is 23.7 Å². The number of hydrogen-bond acceptors (Lipinski definition) is 4. The quantitative estimate of drug-likeness (QED) is 0.451. The van der Waals surface area contributed by atoms with E-state index in [-0.39, 0.29) is 0 Å². The SMILES string of the molecule is Nc1ccc(N2CCCC2)c2nc[n+]([O-])cc12. The molecule has 0 bridgehead atoms. The van der Waals surface area contributed by atoms with Gasteiger partial charge in [-0.25, -0.2) is 4.73 Å². The van der Waals surface area contributed by atoms with Gasteiger partial charge in [0.25, 0.3) is 6.33 Å². The summed E-state index contributed by atoms with van der Waals surface area (Å²) in [5.74, 6) is 0. The molecular formula is C12H14N4O. The van der Waals surface area contributed by atoms with Crippen LogP contribution in [0.3, 0.4) is 0 Å². The molecule has 5 nitrogen and oxygen atoms in total. The van der Waals surface area contributed by atoms with E-state index in [9.17, 15) is 5.21 Å². The van der Waals surface area contributed by atoms with E-state index in [0.717, 1.165) is 29.7 Å². The van der Waals surface area contributed by atoms with E-state index in [2.05, 4.69) is 9.88 Å². The van der Waals surface area contributed by atoms with Crippen molar-refractivity contribution in [3.8, 4) is 0 Å². The van der Waals surface area contributed by atoms with E-state index in [1.807, 2.05) is 12.1 Å². The molecule has 17 heavy (non-hydrogen) atoms. The molecule has 0 aliphatic carbocycles. The summed E-state index contributed by atoms with van der Waals surface area (Å²) in [5, 5.41) is 12.0. The average molecular weight is 230 g/mol. The zero-order valence-corrected chi connectivity index (χ0v) is 9.47. The maximum Gasteiger partial charge on any atom is 0.289 e. The van der Waals surface area contributed by atoms with Gasteiger partial charge in [-0.2, -0.15) is 0 Å². The first-order chi connectivity index (χ1) is 8.25. The van der Waals surface area contributed by atoms with Crippen molar-refractivity contribution in [1.82, 2.24) is 4.98 Å². The van der Waals surface area contributed by atoms with E-state index >= 15 is 0 Å².